The van der Waals surface area contributed by atoms with Gasteiger partial charge in [0.25, 0.3) is 0 Å². The molecule has 0 spiro atoms. The van der Waals surface area contributed by atoms with Gasteiger partial charge in [-0.25, -0.2) is 4.98 Å². The summed E-state index contributed by atoms with van der Waals surface area (Å²) < 4.78 is 4.08. The van der Waals surface area contributed by atoms with Crippen LogP contribution in [0.4, 0.5) is 0 Å². The Morgan fingerprint density at radius 1 is 1.39 bits per heavy atom. The Morgan fingerprint density at radius 3 is 2.83 bits per heavy atom. The van der Waals surface area contributed by atoms with Gasteiger partial charge in [-0.3, -0.25) is 0 Å². The minimum Gasteiger partial charge on any atom is -0.309 e. The fourth-order valence-electron chi connectivity index (χ4n) is 1.94. The highest BCUT2D eigenvalue weighted by Gasteiger charge is 2.19. The molecule has 0 aromatic carbocycles. The molecule has 0 aliphatic rings. The number of aryl methyl sites for hydroxylation is 2. The SMILES string of the molecule is CCNC(Cc1csc(C)n1)c1snnc1CC. The number of nitrogens with zero attached hydrogens (tertiary/aromatic N) is 3. The lowest BCUT2D eigenvalue weighted by Gasteiger charge is -2.15. The molecular weight excluding hydrogens is 264 g/mol. The molecule has 0 aliphatic carbocycles. The Kier molecular flexibility index (Phi) is 4.79. The van der Waals surface area contributed by atoms with Crippen LogP contribution in [-0.2, 0) is 12.8 Å². The molecule has 1 N–H and O–H groups in total. The van der Waals surface area contributed by atoms with Crippen molar-refractivity contribution >= 4 is 22.9 Å². The van der Waals surface area contributed by atoms with E-state index in [-0.39, 0.29) is 6.04 Å². The molecule has 0 aliphatic heterocycles. The molecule has 2 aromatic rings. The van der Waals surface area contributed by atoms with E-state index in [1.807, 2.05) is 6.92 Å². The molecule has 2 aromatic heterocycles. The molecule has 0 radical (unpaired) electrons. The van der Waals surface area contributed by atoms with Crippen molar-refractivity contribution in [3.05, 3.63) is 26.7 Å². The maximum atomic E-state index is 4.54. The third-order valence-corrected chi connectivity index (χ3v) is 4.47. The second kappa shape index (κ2) is 6.36. The first-order valence-electron chi connectivity index (χ1n) is 6.20. The van der Waals surface area contributed by atoms with Crippen LogP contribution in [0.15, 0.2) is 5.38 Å². The summed E-state index contributed by atoms with van der Waals surface area (Å²) in [5.74, 6) is 0. The van der Waals surface area contributed by atoms with Crippen molar-refractivity contribution in [2.45, 2.75) is 39.7 Å². The third-order valence-electron chi connectivity index (χ3n) is 2.77. The Bertz CT molecular complexity index is 492. The predicted molar refractivity (Wildman–Crippen MR) is 76.3 cm³/mol. The quantitative estimate of drug-likeness (QED) is 0.885. The van der Waals surface area contributed by atoms with E-state index in [1.165, 1.54) is 16.4 Å². The Balaban J connectivity index is 2.17. The molecule has 0 fully saturated rings. The molecule has 1 atom stereocenters. The van der Waals surface area contributed by atoms with Gasteiger partial charge in [-0.05, 0) is 31.4 Å². The van der Waals surface area contributed by atoms with E-state index >= 15 is 0 Å². The molecule has 0 saturated carbocycles. The number of likely N-dealkylation sites (N-methyl/N-ethyl adjacent to an activating group) is 1. The molecule has 2 heterocycles. The minimum absolute atomic E-state index is 0.284. The summed E-state index contributed by atoms with van der Waals surface area (Å²) in [6.45, 7) is 7.23. The van der Waals surface area contributed by atoms with E-state index in [2.05, 4.69) is 39.1 Å². The van der Waals surface area contributed by atoms with Crippen molar-refractivity contribution < 1.29 is 0 Å². The number of rotatable bonds is 6. The molecule has 4 nitrogen and oxygen atoms in total. The average molecular weight is 282 g/mol. The van der Waals surface area contributed by atoms with Crippen LogP contribution in [0.25, 0.3) is 0 Å². The van der Waals surface area contributed by atoms with E-state index in [0.717, 1.165) is 35.8 Å². The number of thiazole rings is 1. The van der Waals surface area contributed by atoms with E-state index in [1.54, 1.807) is 11.3 Å². The van der Waals surface area contributed by atoms with E-state index < -0.39 is 0 Å². The average Bonchev–Trinajstić information content (AvgIpc) is 2.97. The second-order valence-corrected chi connectivity index (χ2v) is 5.96. The normalized spacial score (nSPS) is 12.8. The van der Waals surface area contributed by atoms with Gasteiger partial charge < -0.3 is 5.32 Å². The predicted octanol–water partition coefficient (Wildman–Crippen LogP) is 2.76. The molecule has 0 saturated heterocycles. The minimum atomic E-state index is 0.284. The van der Waals surface area contributed by atoms with Gasteiger partial charge in [-0.15, -0.1) is 16.4 Å². The zero-order chi connectivity index (χ0) is 13.0. The molecule has 6 heteroatoms. The lowest BCUT2D eigenvalue weighted by molar-refractivity contribution is 0.548. The molecule has 18 heavy (non-hydrogen) atoms. The fourth-order valence-corrected chi connectivity index (χ4v) is 3.38. The van der Waals surface area contributed by atoms with E-state index in [0.29, 0.717) is 0 Å². The number of aromatic nitrogens is 3. The first-order valence-corrected chi connectivity index (χ1v) is 7.85. The van der Waals surface area contributed by atoms with Crippen molar-refractivity contribution in [2.24, 2.45) is 0 Å². The Morgan fingerprint density at radius 2 is 2.22 bits per heavy atom. The van der Waals surface area contributed by atoms with Gasteiger partial charge in [0.1, 0.15) is 0 Å². The smallest absolute Gasteiger partial charge is 0.0897 e. The summed E-state index contributed by atoms with van der Waals surface area (Å²) in [5, 5.41) is 11.0. The van der Waals surface area contributed by atoms with Crippen LogP contribution in [0, 0.1) is 6.92 Å². The highest BCUT2D eigenvalue weighted by atomic mass is 32.1. The number of nitrogens with one attached hydrogen (secondary N) is 1. The zero-order valence-electron chi connectivity index (χ0n) is 10.9. The lowest BCUT2D eigenvalue weighted by Crippen LogP contribution is -2.23. The topological polar surface area (TPSA) is 50.7 Å². The van der Waals surface area contributed by atoms with Gasteiger partial charge in [-0.2, -0.15) is 0 Å². The second-order valence-electron chi connectivity index (χ2n) is 4.11. The number of hydrogen-bond acceptors (Lipinski definition) is 6. The summed E-state index contributed by atoms with van der Waals surface area (Å²) >= 11 is 3.21. The van der Waals surface area contributed by atoms with E-state index in [9.17, 15) is 0 Å². The summed E-state index contributed by atoms with van der Waals surface area (Å²) in [5.41, 5.74) is 2.26. The summed E-state index contributed by atoms with van der Waals surface area (Å²) in [4.78, 5) is 5.80. The van der Waals surface area contributed by atoms with Crippen molar-refractivity contribution in [1.29, 1.82) is 0 Å². The standard InChI is InChI=1S/C12H18N4S2/c1-4-10-12(18-16-15-10)11(13-5-2)6-9-7-17-8(3)14-9/h7,11,13H,4-6H2,1-3H3. The van der Waals surface area contributed by atoms with Crippen molar-refractivity contribution in [3.8, 4) is 0 Å². The van der Waals surface area contributed by atoms with Gasteiger partial charge in [0, 0.05) is 11.8 Å². The van der Waals surface area contributed by atoms with Gasteiger partial charge >= 0.3 is 0 Å². The van der Waals surface area contributed by atoms with Crippen LogP contribution >= 0.6 is 22.9 Å². The van der Waals surface area contributed by atoms with Crippen LogP contribution in [0.3, 0.4) is 0 Å². The monoisotopic (exact) mass is 282 g/mol. The van der Waals surface area contributed by atoms with Crippen LogP contribution in [0.5, 0.6) is 0 Å². The van der Waals surface area contributed by atoms with E-state index in [4.69, 9.17) is 0 Å². The summed E-state index contributed by atoms with van der Waals surface area (Å²) in [6, 6.07) is 0.284. The Hall–Kier alpha value is -0.850. The molecule has 2 rings (SSSR count). The molecular formula is C12H18N4S2. The van der Waals surface area contributed by atoms with Gasteiger partial charge in [0.2, 0.25) is 0 Å². The molecule has 0 bridgehead atoms. The maximum Gasteiger partial charge on any atom is 0.0897 e. The molecule has 1 unspecified atom stereocenters. The van der Waals surface area contributed by atoms with Gasteiger partial charge in [-0.1, -0.05) is 18.3 Å². The van der Waals surface area contributed by atoms with Crippen LogP contribution in [0.1, 0.15) is 41.2 Å². The summed E-state index contributed by atoms with van der Waals surface area (Å²) in [7, 11) is 0. The first kappa shape index (κ1) is 13.6. The number of hydrogen-bond donors (Lipinski definition) is 1. The first-order chi connectivity index (χ1) is 8.74. The third kappa shape index (κ3) is 3.13. The molecule has 98 valence electrons. The maximum absolute atomic E-state index is 4.54. The van der Waals surface area contributed by atoms with Gasteiger partial charge in [0.05, 0.1) is 27.3 Å². The molecule has 0 amide bonds. The highest BCUT2D eigenvalue weighted by molar-refractivity contribution is 7.09. The van der Waals surface area contributed by atoms with Gasteiger partial charge in [0.15, 0.2) is 0 Å². The van der Waals surface area contributed by atoms with Crippen LogP contribution < -0.4 is 5.32 Å². The fraction of sp³-hybridized carbons (Fsp3) is 0.583. The van der Waals surface area contributed by atoms with Crippen LogP contribution in [-0.4, -0.2) is 21.1 Å². The van der Waals surface area contributed by atoms with Crippen molar-refractivity contribution in [1.82, 2.24) is 19.9 Å². The Labute approximate surface area is 116 Å². The highest BCUT2D eigenvalue weighted by Crippen LogP contribution is 2.25. The van der Waals surface area contributed by atoms with Crippen molar-refractivity contribution in [2.75, 3.05) is 6.54 Å². The lowest BCUT2D eigenvalue weighted by atomic mass is 10.1. The van der Waals surface area contributed by atoms with Crippen LogP contribution in [0.2, 0.25) is 0 Å². The zero-order valence-corrected chi connectivity index (χ0v) is 12.6. The van der Waals surface area contributed by atoms with Crippen molar-refractivity contribution in [3.63, 3.8) is 0 Å². The largest absolute Gasteiger partial charge is 0.309 e. The summed E-state index contributed by atoms with van der Waals surface area (Å²) in [6.07, 6.45) is 1.85.